The second kappa shape index (κ2) is 5.54. The highest BCUT2D eigenvalue weighted by atomic mass is 28.4. The molecule has 1 aliphatic heterocycles. The van der Waals surface area contributed by atoms with E-state index >= 15 is 0 Å². The highest BCUT2D eigenvalue weighted by molar-refractivity contribution is 6.74. The van der Waals surface area contributed by atoms with Gasteiger partial charge in [0, 0.05) is 13.2 Å². The van der Waals surface area contributed by atoms with Gasteiger partial charge in [0.15, 0.2) is 8.32 Å². The number of likely N-dealkylation sites (tertiary alicyclic amines) is 1. The predicted molar refractivity (Wildman–Crippen MR) is 80.0 cm³/mol. The minimum Gasteiger partial charge on any atom is -0.480 e. The lowest BCUT2D eigenvalue weighted by Crippen LogP contribution is -2.50. The molecule has 4 nitrogen and oxygen atoms in total. The van der Waals surface area contributed by atoms with Gasteiger partial charge in [-0.05, 0) is 44.4 Å². The van der Waals surface area contributed by atoms with Gasteiger partial charge in [0.25, 0.3) is 0 Å². The smallest absolute Gasteiger partial charge is 0.323 e. The zero-order chi connectivity index (χ0) is 14.9. The largest absolute Gasteiger partial charge is 0.480 e. The topological polar surface area (TPSA) is 49.8 Å². The summed E-state index contributed by atoms with van der Waals surface area (Å²) in [5.41, 5.74) is -0.698. The molecule has 0 aromatic rings. The van der Waals surface area contributed by atoms with Crippen LogP contribution in [-0.2, 0) is 9.22 Å². The second-order valence-electron chi connectivity index (χ2n) is 7.28. The quantitative estimate of drug-likeness (QED) is 0.790. The molecule has 0 radical (unpaired) electrons. The normalized spacial score (nSPS) is 25.8. The monoisotopic (exact) mass is 287 g/mol. The molecular formula is C14H29NO3Si. The molecule has 1 aliphatic rings. The van der Waals surface area contributed by atoms with Crippen LogP contribution >= 0.6 is 0 Å². The van der Waals surface area contributed by atoms with E-state index in [1.807, 2.05) is 6.92 Å². The summed E-state index contributed by atoms with van der Waals surface area (Å²) in [6, 6.07) is 0. The van der Waals surface area contributed by atoms with E-state index in [9.17, 15) is 9.90 Å². The number of rotatable bonds is 5. The molecular weight excluding hydrogens is 258 g/mol. The molecule has 0 spiro atoms. The summed E-state index contributed by atoms with van der Waals surface area (Å²) in [4.78, 5) is 13.4. The van der Waals surface area contributed by atoms with Crippen molar-refractivity contribution in [3.63, 3.8) is 0 Å². The van der Waals surface area contributed by atoms with Crippen LogP contribution in [0.1, 0.15) is 40.5 Å². The number of carboxylic acid groups (broad SMARTS) is 1. The minimum absolute atomic E-state index is 0.202. The third-order valence-electron chi connectivity index (χ3n) is 4.88. The number of nitrogens with zero attached hydrogens (tertiary/aromatic N) is 1. The van der Waals surface area contributed by atoms with Crippen LogP contribution in [0.4, 0.5) is 0 Å². The molecule has 5 heteroatoms. The van der Waals surface area contributed by atoms with Gasteiger partial charge in [0.1, 0.15) is 5.54 Å². The van der Waals surface area contributed by atoms with E-state index < -0.39 is 19.8 Å². The van der Waals surface area contributed by atoms with Crippen molar-refractivity contribution >= 4 is 14.3 Å². The third-order valence-corrected chi connectivity index (χ3v) is 9.42. The first-order valence-corrected chi connectivity index (χ1v) is 10.0. The summed E-state index contributed by atoms with van der Waals surface area (Å²) >= 11 is 0. The van der Waals surface area contributed by atoms with Gasteiger partial charge in [0.2, 0.25) is 0 Å². The van der Waals surface area contributed by atoms with Crippen molar-refractivity contribution in [1.82, 2.24) is 4.90 Å². The van der Waals surface area contributed by atoms with E-state index in [4.69, 9.17) is 4.43 Å². The lowest BCUT2D eigenvalue weighted by molar-refractivity contribution is -0.148. The number of hydrogen-bond acceptors (Lipinski definition) is 3. The second-order valence-corrected chi connectivity index (χ2v) is 12.1. The Balaban J connectivity index is 2.52. The molecule has 1 rings (SSSR count). The van der Waals surface area contributed by atoms with E-state index in [0.29, 0.717) is 6.61 Å². The molecule has 0 aromatic carbocycles. The number of carbonyl (C=O) groups is 1. The summed E-state index contributed by atoms with van der Waals surface area (Å²) in [5.74, 6) is -0.711. The number of carboxylic acids is 1. The van der Waals surface area contributed by atoms with Crippen LogP contribution in [0.25, 0.3) is 0 Å². The van der Waals surface area contributed by atoms with E-state index in [1.165, 1.54) is 0 Å². The number of aliphatic carboxylic acids is 1. The summed E-state index contributed by atoms with van der Waals surface area (Å²) < 4.78 is 6.13. The standard InChI is InChI=1S/C14H29NO3Si/c1-13(2,3)19(5,6)18-11-10-15-9-7-8-14(15,4)12(16)17/h7-11H2,1-6H3,(H,16,17). The van der Waals surface area contributed by atoms with E-state index in [1.54, 1.807) is 0 Å². The molecule has 0 aliphatic carbocycles. The van der Waals surface area contributed by atoms with Gasteiger partial charge in [-0.2, -0.15) is 0 Å². The first kappa shape index (κ1) is 16.7. The molecule has 1 saturated heterocycles. The van der Waals surface area contributed by atoms with E-state index in [0.717, 1.165) is 25.9 Å². The molecule has 1 unspecified atom stereocenters. The Morgan fingerprint density at radius 2 is 2.00 bits per heavy atom. The number of hydrogen-bond donors (Lipinski definition) is 1. The van der Waals surface area contributed by atoms with Crippen molar-refractivity contribution in [3.05, 3.63) is 0 Å². The molecule has 0 bridgehead atoms. The average molecular weight is 287 g/mol. The first-order chi connectivity index (χ1) is 8.51. The highest BCUT2D eigenvalue weighted by Gasteiger charge is 2.43. The maximum atomic E-state index is 11.4. The van der Waals surface area contributed by atoms with Crippen molar-refractivity contribution in [2.45, 2.75) is 64.2 Å². The van der Waals surface area contributed by atoms with E-state index in [2.05, 4.69) is 38.8 Å². The molecule has 112 valence electrons. The van der Waals surface area contributed by atoms with Gasteiger partial charge in [-0.15, -0.1) is 0 Å². The summed E-state index contributed by atoms with van der Waals surface area (Å²) in [5, 5.41) is 9.56. The molecule has 0 aromatic heterocycles. The van der Waals surface area contributed by atoms with Crippen molar-refractivity contribution in [1.29, 1.82) is 0 Å². The first-order valence-electron chi connectivity index (χ1n) is 7.13. The van der Waals surface area contributed by atoms with Crippen LogP contribution in [0.5, 0.6) is 0 Å². The Labute approximate surface area is 118 Å². The molecule has 19 heavy (non-hydrogen) atoms. The minimum atomic E-state index is -1.72. The maximum absolute atomic E-state index is 11.4. The lowest BCUT2D eigenvalue weighted by Gasteiger charge is -2.37. The molecule has 1 atom stereocenters. The Kier molecular flexibility index (Phi) is 4.86. The van der Waals surface area contributed by atoms with Crippen molar-refractivity contribution in [2.24, 2.45) is 0 Å². The van der Waals surface area contributed by atoms with Gasteiger partial charge in [0.05, 0.1) is 0 Å². The van der Waals surface area contributed by atoms with Gasteiger partial charge < -0.3 is 9.53 Å². The zero-order valence-corrected chi connectivity index (χ0v) is 14.2. The van der Waals surface area contributed by atoms with Crippen LogP contribution in [0, 0.1) is 0 Å². The van der Waals surface area contributed by atoms with Crippen LogP contribution < -0.4 is 0 Å². The van der Waals surface area contributed by atoms with Crippen molar-refractivity contribution in [3.8, 4) is 0 Å². The molecule has 1 heterocycles. The van der Waals surface area contributed by atoms with Gasteiger partial charge in [-0.3, -0.25) is 9.69 Å². The maximum Gasteiger partial charge on any atom is 0.323 e. The Morgan fingerprint density at radius 1 is 1.42 bits per heavy atom. The Bertz CT molecular complexity index is 338. The molecule has 0 saturated carbocycles. The van der Waals surface area contributed by atoms with E-state index in [-0.39, 0.29) is 5.04 Å². The zero-order valence-electron chi connectivity index (χ0n) is 13.2. The van der Waals surface area contributed by atoms with Gasteiger partial charge >= 0.3 is 5.97 Å². The fraction of sp³-hybridized carbons (Fsp3) is 0.929. The van der Waals surface area contributed by atoms with Gasteiger partial charge in [-0.1, -0.05) is 20.8 Å². The summed E-state index contributed by atoms with van der Waals surface area (Å²) in [6.45, 7) is 15.2. The van der Waals surface area contributed by atoms with Crippen LogP contribution in [-0.4, -0.2) is 49.5 Å². The molecule has 1 N–H and O–H groups in total. The average Bonchev–Trinajstić information content (AvgIpc) is 2.60. The highest BCUT2D eigenvalue weighted by Crippen LogP contribution is 2.36. The van der Waals surface area contributed by atoms with Crippen LogP contribution in [0.2, 0.25) is 18.1 Å². The fourth-order valence-corrected chi connectivity index (χ4v) is 3.28. The van der Waals surface area contributed by atoms with Crippen LogP contribution in [0.15, 0.2) is 0 Å². The Morgan fingerprint density at radius 3 is 2.47 bits per heavy atom. The van der Waals surface area contributed by atoms with Crippen LogP contribution in [0.3, 0.4) is 0 Å². The summed E-state index contributed by atoms with van der Waals surface area (Å²) in [7, 11) is -1.72. The third kappa shape index (κ3) is 3.58. The predicted octanol–water partition coefficient (Wildman–Crippen LogP) is 2.95. The molecule has 1 fully saturated rings. The SMILES string of the molecule is CC1(C(=O)O)CCCN1CCO[Si](C)(C)C(C)(C)C. The fourth-order valence-electron chi connectivity index (χ4n) is 2.25. The van der Waals surface area contributed by atoms with Crippen molar-refractivity contribution in [2.75, 3.05) is 19.7 Å². The lowest BCUT2D eigenvalue weighted by atomic mass is 9.99. The van der Waals surface area contributed by atoms with Crippen molar-refractivity contribution < 1.29 is 14.3 Å². The molecule has 0 amide bonds. The Hall–Kier alpha value is -0.393. The van der Waals surface area contributed by atoms with Gasteiger partial charge in [-0.25, -0.2) is 0 Å². The summed E-state index contributed by atoms with van der Waals surface area (Å²) in [6.07, 6.45) is 1.70.